The largest absolute Gasteiger partial charge is 0.493 e. The van der Waals surface area contributed by atoms with Gasteiger partial charge in [0, 0.05) is 24.7 Å². The van der Waals surface area contributed by atoms with Gasteiger partial charge in [0.1, 0.15) is 12.6 Å². The molecule has 2 aromatic heterocycles. The Balaban J connectivity index is 1.44. The summed E-state index contributed by atoms with van der Waals surface area (Å²) in [5.41, 5.74) is 13.2. The number of fused-ring (bicyclic) bond motifs is 1. The van der Waals surface area contributed by atoms with Crippen molar-refractivity contribution < 1.29 is 38.6 Å². The third-order valence-electron chi connectivity index (χ3n) is 6.86. The average Bonchev–Trinajstić information content (AvgIpc) is 3.05. The highest BCUT2D eigenvalue weighted by Gasteiger charge is 2.26. The molecule has 4 rings (SSSR count). The van der Waals surface area contributed by atoms with Crippen LogP contribution in [0, 0.1) is 10.1 Å². The van der Waals surface area contributed by atoms with Crippen molar-refractivity contribution in [3.05, 3.63) is 69.5 Å². The molecule has 0 aliphatic rings. The summed E-state index contributed by atoms with van der Waals surface area (Å²) in [4.78, 5) is 66.7. The molecular weight excluding hydrogens is 618 g/mol. The average molecular weight is 650 g/mol. The number of carboxylic acid groups (broad SMARTS) is 1. The third-order valence-corrected chi connectivity index (χ3v) is 6.86. The van der Waals surface area contributed by atoms with E-state index in [-0.39, 0.29) is 52.1 Å². The number of carbonyl (C=O) groups is 3. The molecule has 0 aliphatic carbocycles. The summed E-state index contributed by atoms with van der Waals surface area (Å²) >= 11 is 0. The molecule has 0 radical (unpaired) electrons. The Morgan fingerprint density at radius 2 is 1.74 bits per heavy atom. The summed E-state index contributed by atoms with van der Waals surface area (Å²) in [5, 5.41) is 23.3. The van der Waals surface area contributed by atoms with E-state index in [0.29, 0.717) is 23.4 Å². The number of amides is 1. The lowest BCUT2D eigenvalue weighted by Gasteiger charge is -2.20. The molecule has 4 aromatic rings. The van der Waals surface area contributed by atoms with E-state index in [0.717, 1.165) is 6.07 Å². The lowest BCUT2D eigenvalue weighted by molar-refractivity contribution is -0.385. The molecule has 0 aliphatic heterocycles. The van der Waals surface area contributed by atoms with Gasteiger partial charge in [-0.25, -0.2) is 14.8 Å². The van der Waals surface area contributed by atoms with Crippen molar-refractivity contribution in [1.29, 1.82) is 0 Å². The molecule has 0 saturated carbocycles. The van der Waals surface area contributed by atoms with Crippen LogP contribution in [0.1, 0.15) is 34.5 Å². The predicted molar refractivity (Wildman–Crippen MR) is 167 cm³/mol. The number of anilines is 3. The molecule has 47 heavy (non-hydrogen) atoms. The first-order valence-electron chi connectivity index (χ1n) is 13.8. The van der Waals surface area contributed by atoms with Crippen LogP contribution in [0.4, 0.5) is 23.1 Å². The number of carboxylic acids is 1. The Kier molecular flexibility index (Phi) is 10.4. The number of rotatable bonds is 14. The second-order valence-corrected chi connectivity index (χ2v) is 10.1. The quantitative estimate of drug-likeness (QED) is 0.0862. The zero-order valence-electron chi connectivity index (χ0n) is 25.5. The first-order chi connectivity index (χ1) is 22.4. The number of nitrogens with one attached hydrogen (secondary N) is 1. The van der Waals surface area contributed by atoms with Crippen molar-refractivity contribution in [2.45, 2.75) is 32.0 Å². The SMILES string of the molecule is COc1cc(COC(=O)[C@H](CCC(=O)O)NC(=O)c2ccc(N(C)Cc3cnc4nc(N)nc(N)c4n3)cc2)c([N+](=O)[O-])cc1OC. The van der Waals surface area contributed by atoms with E-state index in [1.54, 1.807) is 19.2 Å². The monoisotopic (exact) mass is 649 g/mol. The van der Waals surface area contributed by atoms with Crippen molar-refractivity contribution >= 4 is 52.2 Å². The number of aliphatic carboxylic acids is 1. The number of hydrogen-bond acceptors (Lipinski definition) is 15. The number of esters is 1. The number of nitro groups is 1. The second-order valence-electron chi connectivity index (χ2n) is 10.1. The van der Waals surface area contributed by atoms with Crippen molar-refractivity contribution in [2.24, 2.45) is 0 Å². The second kappa shape index (κ2) is 14.6. The van der Waals surface area contributed by atoms with Crippen molar-refractivity contribution in [2.75, 3.05) is 37.6 Å². The maximum absolute atomic E-state index is 13.1. The molecule has 2 heterocycles. The smallest absolute Gasteiger partial charge is 0.328 e. The minimum absolute atomic E-state index is 0.000175. The molecule has 2 aromatic carbocycles. The van der Waals surface area contributed by atoms with Gasteiger partial charge in [0.2, 0.25) is 5.95 Å². The fourth-order valence-electron chi connectivity index (χ4n) is 4.46. The molecular formula is C29H31N9O9. The van der Waals surface area contributed by atoms with E-state index in [2.05, 4.69) is 25.3 Å². The minimum Gasteiger partial charge on any atom is -0.493 e. The predicted octanol–water partition coefficient (Wildman–Crippen LogP) is 1.85. The summed E-state index contributed by atoms with van der Waals surface area (Å²) in [6.45, 7) is -0.231. The Morgan fingerprint density at radius 3 is 2.38 bits per heavy atom. The molecule has 0 bridgehead atoms. The summed E-state index contributed by atoms with van der Waals surface area (Å²) in [6, 6.07) is 7.44. The van der Waals surface area contributed by atoms with Crippen LogP contribution in [0.15, 0.2) is 42.6 Å². The van der Waals surface area contributed by atoms with Crippen LogP contribution in [-0.4, -0.2) is 75.1 Å². The summed E-state index contributed by atoms with van der Waals surface area (Å²) in [6.07, 6.45) is 0.791. The van der Waals surface area contributed by atoms with E-state index in [1.807, 2.05) is 4.90 Å². The number of carbonyl (C=O) groups excluding carboxylic acids is 2. The van der Waals surface area contributed by atoms with Crippen LogP contribution in [0.3, 0.4) is 0 Å². The Morgan fingerprint density at radius 1 is 1.06 bits per heavy atom. The van der Waals surface area contributed by atoms with Gasteiger partial charge in [0.25, 0.3) is 11.6 Å². The molecule has 18 heteroatoms. The molecule has 246 valence electrons. The normalized spacial score (nSPS) is 11.4. The number of nitrogens with zero attached hydrogens (tertiary/aromatic N) is 6. The number of nitro benzene ring substituents is 1. The zero-order valence-corrected chi connectivity index (χ0v) is 25.5. The third kappa shape index (κ3) is 8.24. The molecule has 1 atom stereocenters. The highest BCUT2D eigenvalue weighted by Crippen LogP contribution is 2.35. The Hall–Kier alpha value is -6.33. The number of nitrogens with two attached hydrogens (primary N) is 2. The Labute approximate surface area is 266 Å². The first-order valence-corrected chi connectivity index (χ1v) is 13.8. The van der Waals surface area contributed by atoms with Gasteiger partial charge < -0.3 is 41.0 Å². The Bertz CT molecular complexity index is 1820. The van der Waals surface area contributed by atoms with Crippen LogP contribution >= 0.6 is 0 Å². The van der Waals surface area contributed by atoms with Gasteiger partial charge >= 0.3 is 11.9 Å². The summed E-state index contributed by atoms with van der Waals surface area (Å²) in [5.74, 6) is -2.48. The van der Waals surface area contributed by atoms with Crippen LogP contribution in [0.5, 0.6) is 11.5 Å². The molecule has 1 amide bonds. The fourth-order valence-corrected chi connectivity index (χ4v) is 4.46. The van der Waals surface area contributed by atoms with Gasteiger partial charge in [0.15, 0.2) is 28.5 Å². The highest BCUT2D eigenvalue weighted by molar-refractivity contribution is 5.97. The van der Waals surface area contributed by atoms with E-state index < -0.39 is 41.8 Å². The minimum atomic E-state index is -1.36. The van der Waals surface area contributed by atoms with Crippen molar-refractivity contribution in [3.8, 4) is 11.5 Å². The molecule has 0 saturated heterocycles. The van der Waals surface area contributed by atoms with Gasteiger partial charge in [-0.05, 0) is 36.8 Å². The zero-order chi connectivity index (χ0) is 34.2. The maximum atomic E-state index is 13.1. The van der Waals surface area contributed by atoms with Gasteiger partial charge in [-0.15, -0.1) is 0 Å². The van der Waals surface area contributed by atoms with E-state index >= 15 is 0 Å². The number of ether oxygens (including phenoxy) is 3. The van der Waals surface area contributed by atoms with Crippen LogP contribution in [0.25, 0.3) is 11.2 Å². The summed E-state index contributed by atoms with van der Waals surface area (Å²) in [7, 11) is 4.45. The first kappa shape index (κ1) is 33.6. The van der Waals surface area contributed by atoms with Crippen molar-refractivity contribution in [3.63, 3.8) is 0 Å². The molecule has 0 fully saturated rings. The molecule has 0 spiro atoms. The topological polar surface area (TPSA) is 261 Å². The van der Waals surface area contributed by atoms with Crippen LogP contribution in [0.2, 0.25) is 0 Å². The van der Waals surface area contributed by atoms with E-state index in [4.69, 9.17) is 25.7 Å². The maximum Gasteiger partial charge on any atom is 0.328 e. The number of methoxy groups -OCH3 is 2. The van der Waals surface area contributed by atoms with Crippen molar-refractivity contribution in [1.82, 2.24) is 25.3 Å². The number of nitrogen functional groups attached to an aromatic ring is 2. The number of aromatic nitrogens is 4. The molecule has 18 nitrogen and oxygen atoms in total. The van der Waals surface area contributed by atoms with Crippen LogP contribution in [-0.2, 0) is 27.5 Å². The van der Waals surface area contributed by atoms with E-state index in [9.17, 15) is 29.6 Å². The summed E-state index contributed by atoms with van der Waals surface area (Å²) < 4.78 is 15.6. The standard InChI is InChI=1S/C29H31N9O9/c1-37(13-17-12-32-26-24(33-17)25(30)35-29(31)36-26)18-6-4-15(5-7-18)27(41)34-19(8-9-23(39)40)28(42)47-14-16-10-21(45-2)22(46-3)11-20(16)38(43)44/h4-7,10-12,19H,8-9,13-14H2,1-3H3,(H,34,41)(H,39,40)(H4,30,31,32,35,36)/t19-/m0/s1. The van der Waals surface area contributed by atoms with Gasteiger partial charge in [-0.2, -0.15) is 9.97 Å². The number of hydrogen-bond donors (Lipinski definition) is 4. The molecule has 0 unspecified atom stereocenters. The van der Waals surface area contributed by atoms with Gasteiger partial charge in [-0.1, -0.05) is 0 Å². The highest BCUT2D eigenvalue weighted by atomic mass is 16.6. The van der Waals surface area contributed by atoms with Crippen LogP contribution < -0.4 is 31.2 Å². The van der Waals surface area contributed by atoms with Gasteiger partial charge in [-0.3, -0.25) is 19.7 Å². The van der Waals surface area contributed by atoms with E-state index in [1.165, 1.54) is 38.6 Å². The van der Waals surface area contributed by atoms with Gasteiger partial charge in [0.05, 0.1) is 49.2 Å². The lowest BCUT2D eigenvalue weighted by Crippen LogP contribution is -2.42. The fraction of sp³-hybridized carbons (Fsp3) is 0.276. The molecule has 6 N–H and O–H groups in total. The lowest BCUT2D eigenvalue weighted by atomic mass is 10.1. The number of benzene rings is 2.